The van der Waals surface area contributed by atoms with Crippen molar-refractivity contribution in [3.05, 3.63) is 59.7 Å². The zero-order valence-electron chi connectivity index (χ0n) is 14.7. The van der Waals surface area contributed by atoms with E-state index < -0.39 is 11.9 Å². The number of aryl methyl sites for hydroxylation is 1. The fourth-order valence-electron chi connectivity index (χ4n) is 2.98. The first kappa shape index (κ1) is 17.7. The average Bonchev–Trinajstić information content (AvgIpc) is 3.05. The third kappa shape index (κ3) is 3.59. The number of ether oxygens (including phenoxy) is 1. The molecule has 0 aliphatic carbocycles. The molecule has 0 aromatic heterocycles. The number of anilines is 2. The van der Waals surface area contributed by atoms with Gasteiger partial charge < -0.3 is 15.0 Å². The molecule has 1 aliphatic heterocycles. The molecule has 2 aromatic carbocycles. The van der Waals surface area contributed by atoms with Crippen LogP contribution in [0.5, 0.6) is 0 Å². The molecular formula is C20H20N2O4. The van der Waals surface area contributed by atoms with Gasteiger partial charge in [0.1, 0.15) is 0 Å². The summed E-state index contributed by atoms with van der Waals surface area (Å²) < 4.78 is 4.71. The summed E-state index contributed by atoms with van der Waals surface area (Å²) in [6.07, 6.45) is 0.163. The molecule has 1 aliphatic rings. The molecule has 6 nitrogen and oxygen atoms in total. The van der Waals surface area contributed by atoms with Crippen LogP contribution in [0.25, 0.3) is 0 Å². The van der Waals surface area contributed by atoms with Crippen molar-refractivity contribution in [1.29, 1.82) is 0 Å². The number of rotatable bonds is 4. The van der Waals surface area contributed by atoms with Crippen LogP contribution in [0.4, 0.5) is 11.4 Å². The lowest BCUT2D eigenvalue weighted by Gasteiger charge is -2.17. The molecule has 2 aromatic rings. The summed E-state index contributed by atoms with van der Waals surface area (Å²) in [4.78, 5) is 38.2. The summed E-state index contributed by atoms with van der Waals surface area (Å²) in [5, 5.41) is 2.84. The van der Waals surface area contributed by atoms with Crippen LogP contribution in [-0.4, -0.2) is 31.4 Å². The van der Waals surface area contributed by atoms with Crippen LogP contribution in [-0.2, 0) is 14.3 Å². The number of hydrogen-bond donors (Lipinski definition) is 1. The van der Waals surface area contributed by atoms with E-state index in [2.05, 4.69) is 5.32 Å². The Morgan fingerprint density at radius 3 is 2.58 bits per heavy atom. The Labute approximate surface area is 151 Å². The van der Waals surface area contributed by atoms with Gasteiger partial charge in [-0.1, -0.05) is 24.3 Å². The monoisotopic (exact) mass is 352 g/mol. The van der Waals surface area contributed by atoms with Crippen molar-refractivity contribution in [2.45, 2.75) is 13.3 Å². The van der Waals surface area contributed by atoms with Gasteiger partial charge in [-0.2, -0.15) is 0 Å². The van der Waals surface area contributed by atoms with E-state index in [1.807, 2.05) is 37.3 Å². The predicted molar refractivity (Wildman–Crippen MR) is 98.1 cm³/mol. The summed E-state index contributed by atoms with van der Waals surface area (Å²) in [6, 6.07) is 14.3. The van der Waals surface area contributed by atoms with Gasteiger partial charge in [0.2, 0.25) is 11.8 Å². The highest BCUT2D eigenvalue weighted by atomic mass is 16.5. The van der Waals surface area contributed by atoms with Gasteiger partial charge in [-0.15, -0.1) is 0 Å². The van der Waals surface area contributed by atoms with E-state index in [0.717, 1.165) is 11.3 Å². The summed E-state index contributed by atoms with van der Waals surface area (Å²) in [7, 11) is 1.31. The number of hydrogen-bond acceptors (Lipinski definition) is 4. The van der Waals surface area contributed by atoms with Gasteiger partial charge >= 0.3 is 5.97 Å². The van der Waals surface area contributed by atoms with Crippen molar-refractivity contribution < 1.29 is 19.1 Å². The largest absolute Gasteiger partial charge is 0.465 e. The minimum atomic E-state index is -0.466. The second kappa shape index (κ2) is 7.39. The van der Waals surface area contributed by atoms with E-state index in [-0.39, 0.29) is 18.2 Å². The van der Waals surface area contributed by atoms with E-state index in [4.69, 9.17) is 4.74 Å². The first-order chi connectivity index (χ1) is 12.5. The summed E-state index contributed by atoms with van der Waals surface area (Å²) >= 11 is 0. The predicted octanol–water partition coefficient (Wildman–Crippen LogP) is 2.77. The Morgan fingerprint density at radius 1 is 1.15 bits per heavy atom. The molecule has 3 rings (SSSR count). The number of esters is 1. The number of benzene rings is 2. The highest BCUT2D eigenvalue weighted by Gasteiger charge is 2.35. The third-order valence-corrected chi connectivity index (χ3v) is 4.48. The number of carbonyl (C=O) groups excluding carboxylic acids is 3. The quantitative estimate of drug-likeness (QED) is 0.859. The van der Waals surface area contributed by atoms with Crippen molar-refractivity contribution in [1.82, 2.24) is 0 Å². The van der Waals surface area contributed by atoms with Crippen LogP contribution >= 0.6 is 0 Å². The van der Waals surface area contributed by atoms with Crippen molar-refractivity contribution in [3.8, 4) is 0 Å². The molecule has 1 atom stereocenters. The van der Waals surface area contributed by atoms with Gasteiger partial charge in [-0.05, 0) is 36.8 Å². The Kier molecular flexibility index (Phi) is 5.02. The van der Waals surface area contributed by atoms with E-state index in [9.17, 15) is 14.4 Å². The first-order valence-electron chi connectivity index (χ1n) is 8.35. The third-order valence-electron chi connectivity index (χ3n) is 4.48. The SMILES string of the molecule is COC(=O)c1ccc(C)c(NC(=O)C2CC(=O)N(c3ccccc3)C2)c1. The fraction of sp³-hybridized carbons (Fsp3) is 0.250. The van der Waals surface area contributed by atoms with Gasteiger partial charge in [0.15, 0.2) is 0 Å². The van der Waals surface area contributed by atoms with Crippen LogP contribution in [0.2, 0.25) is 0 Å². The Morgan fingerprint density at radius 2 is 1.88 bits per heavy atom. The van der Waals surface area contributed by atoms with E-state index in [0.29, 0.717) is 17.8 Å². The Bertz CT molecular complexity index is 848. The van der Waals surface area contributed by atoms with Gasteiger partial charge in [0.25, 0.3) is 0 Å². The second-order valence-corrected chi connectivity index (χ2v) is 6.25. The van der Waals surface area contributed by atoms with Crippen LogP contribution in [0.1, 0.15) is 22.3 Å². The number of carbonyl (C=O) groups is 3. The molecule has 134 valence electrons. The van der Waals surface area contributed by atoms with Gasteiger partial charge in [0, 0.05) is 24.3 Å². The van der Waals surface area contributed by atoms with Crippen molar-refractivity contribution >= 4 is 29.2 Å². The zero-order valence-corrected chi connectivity index (χ0v) is 14.7. The number of nitrogens with zero attached hydrogens (tertiary/aromatic N) is 1. The van der Waals surface area contributed by atoms with Crippen molar-refractivity contribution in [2.75, 3.05) is 23.9 Å². The summed E-state index contributed by atoms with van der Waals surface area (Å²) in [5.41, 5.74) is 2.53. The van der Waals surface area contributed by atoms with Gasteiger partial charge in [-0.3, -0.25) is 9.59 Å². The lowest BCUT2D eigenvalue weighted by atomic mass is 10.1. The summed E-state index contributed by atoms with van der Waals surface area (Å²) in [5.74, 6) is -1.21. The molecule has 0 radical (unpaired) electrons. The molecule has 0 bridgehead atoms. The van der Waals surface area contributed by atoms with Crippen molar-refractivity contribution in [3.63, 3.8) is 0 Å². The molecule has 0 spiro atoms. The van der Waals surface area contributed by atoms with Crippen LogP contribution in [0, 0.1) is 12.8 Å². The maximum Gasteiger partial charge on any atom is 0.337 e. The standard InChI is InChI=1S/C20H20N2O4/c1-13-8-9-14(20(25)26-2)10-17(13)21-19(24)15-11-18(23)22(12-15)16-6-4-3-5-7-16/h3-10,15H,11-12H2,1-2H3,(H,21,24). The Balaban J connectivity index is 1.73. The molecule has 1 heterocycles. The molecule has 2 amide bonds. The summed E-state index contributed by atoms with van der Waals surface area (Å²) in [6.45, 7) is 2.18. The molecule has 26 heavy (non-hydrogen) atoms. The van der Waals surface area contributed by atoms with Crippen molar-refractivity contribution in [2.24, 2.45) is 5.92 Å². The minimum absolute atomic E-state index is 0.0728. The molecule has 1 N–H and O–H groups in total. The van der Waals surface area contributed by atoms with Crippen LogP contribution < -0.4 is 10.2 Å². The van der Waals surface area contributed by atoms with E-state index in [1.165, 1.54) is 7.11 Å². The molecule has 1 fully saturated rings. The Hall–Kier alpha value is -3.15. The maximum absolute atomic E-state index is 12.6. The molecular weight excluding hydrogens is 332 g/mol. The highest BCUT2D eigenvalue weighted by molar-refractivity contribution is 6.04. The topological polar surface area (TPSA) is 75.7 Å². The lowest BCUT2D eigenvalue weighted by molar-refractivity contribution is -0.122. The maximum atomic E-state index is 12.6. The minimum Gasteiger partial charge on any atom is -0.465 e. The van der Waals surface area contributed by atoms with Crippen LogP contribution in [0.15, 0.2) is 48.5 Å². The van der Waals surface area contributed by atoms with Gasteiger partial charge in [0.05, 0.1) is 18.6 Å². The number of amides is 2. The number of para-hydroxylation sites is 1. The van der Waals surface area contributed by atoms with Gasteiger partial charge in [-0.25, -0.2) is 4.79 Å². The van der Waals surface area contributed by atoms with Crippen LogP contribution in [0.3, 0.4) is 0 Å². The molecule has 1 saturated heterocycles. The zero-order chi connectivity index (χ0) is 18.7. The number of methoxy groups -OCH3 is 1. The molecule has 0 saturated carbocycles. The molecule has 1 unspecified atom stereocenters. The average molecular weight is 352 g/mol. The van der Waals surface area contributed by atoms with E-state index >= 15 is 0 Å². The lowest BCUT2D eigenvalue weighted by Crippen LogP contribution is -2.28. The highest BCUT2D eigenvalue weighted by Crippen LogP contribution is 2.26. The smallest absolute Gasteiger partial charge is 0.337 e. The first-order valence-corrected chi connectivity index (χ1v) is 8.35. The normalized spacial score (nSPS) is 16.5. The fourth-order valence-corrected chi connectivity index (χ4v) is 2.98. The second-order valence-electron chi connectivity index (χ2n) is 6.25. The molecule has 6 heteroatoms. The van der Waals surface area contributed by atoms with E-state index in [1.54, 1.807) is 23.1 Å². The number of nitrogens with one attached hydrogen (secondary N) is 1.